The first-order valence-corrected chi connectivity index (χ1v) is 6.94. The van der Waals surface area contributed by atoms with Gasteiger partial charge in [-0.05, 0) is 18.9 Å². The molecule has 1 heterocycles. The average Bonchev–Trinajstić information content (AvgIpc) is 2.36. The van der Waals surface area contributed by atoms with E-state index in [1.165, 1.54) is 11.1 Å². The van der Waals surface area contributed by atoms with Gasteiger partial charge in [-0.3, -0.25) is 4.79 Å². The standard InChI is InChI=1S/C14H16N2OS/c1-3-12-8-13(17)16-14(15-12)18-9-11-6-4-5-10(2)7-11/h4-8H,3,9H2,1-2H3,(H,15,16,17). The predicted molar refractivity (Wildman–Crippen MR) is 75.0 cm³/mol. The third kappa shape index (κ3) is 3.47. The number of benzene rings is 1. The Morgan fingerprint density at radius 1 is 1.33 bits per heavy atom. The van der Waals surface area contributed by atoms with Crippen LogP contribution < -0.4 is 5.56 Å². The predicted octanol–water partition coefficient (Wildman–Crippen LogP) is 2.93. The van der Waals surface area contributed by atoms with Crippen LogP contribution in [0.2, 0.25) is 0 Å². The summed E-state index contributed by atoms with van der Waals surface area (Å²) in [6.45, 7) is 4.07. The lowest BCUT2D eigenvalue weighted by Crippen LogP contribution is -2.09. The van der Waals surface area contributed by atoms with E-state index in [0.717, 1.165) is 17.9 Å². The minimum Gasteiger partial charge on any atom is -0.301 e. The number of aromatic amines is 1. The largest absolute Gasteiger partial charge is 0.301 e. The molecule has 2 aromatic rings. The van der Waals surface area contributed by atoms with Crippen molar-refractivity contribution in [3.8, 4) is 0 Å². The topological polar surface area (TPSA) is 45.8 Å². The Bertz CT molecular complexity index is 592. The molecule has 0 fully saturated rings. The summed E-state index contributed by atoms with van der Waals surface area (Å²) in [4.78, 5) is 18.6. The molecule has 18 heavy (non-hydrogen) atoms. The molecule has 0 saturated carbocycles. The van der Waals surface area contributed by atoms with Crippen molar-refractivity contribution in [1.29, 1.82) is 0 Å². The minimum absolute atomic E-state index is 0.0754. The Balaban J connectivity index is 2.10. The zero-order valence-electron chi connectivity index (χ0n) is 10.6. The molecule has 3 nitrogen and oxygen atoms in total. The van der Waals surface area contributed by atoms with Crippen LogP contribution >= 0.6 is 11.8 Å². The van der Waals surface area contributed by atoms with E-state index in [9.17, 15) is 4.79 Å². The Hall–Kier alpha value is -1.55. The third-order valence-electron chi connectivity index (χ3n) is 2.59. The fourth-order valence-corrected chi connectivity index (χ4v) is 2.52. The molecule has 0 bridgehead atoms. The second kappa shape index (κ2) is 5.87. The fraction of sp³-hybridized carbons (Fsp3) is 0.286. The van der Waals surface area contributed by atoms with Gasteiger partial charge < -0.3 is 4.98 Å². The van der Waals surface area contributed by atoms with E-state index in [2.05, 4.69) is 35.1 Å². The molecule has 0 aliphatic carbocycles. The van der Waals surface area contributed by atoms with Crippen molar-refractivity contribution in [2.45, 2.75) is 31.2 Å². The van der Waals surface area contributed by atoms with E-state index in [0.29, 0.717) is 5.16 Å². The molecule has 2 rings (SSSR count). The molecular weight excluding hydrogens is 244 g/mol. The Kier molecular flexibility index (Phi) is 4.20. The normalized spacial score (nSPS) is 10.6. The highest BCUT2D eigenvalue weighted by Gasteiger charge is 2.02. The molecule has 0 aliphatic rings. The van der Waals surface area contributed by atoms with Crippen LogP contribution in [-0.4, -0.2) is 9.97 Å². The number of thioether (sulfide) groups is 1. The number of rotatable bonds is 4. The van der Waals surface area contributed by atoms with Gasteiger partial charge in [-0.2, -0.15) is 0 Å². The van der Waals surface area contributed by atoms with E-state index >= 15 is 0 Å². The van der Waals surface area contributed by atoms with Crippen LogP contribution in [0, 0.1) is 6.92 Å². The second-order valence-corrected chi connectivity index (χ2v) is 5.14. The lowest BCUT2D eigenvalue weighted by Gasteiger charge is -2.03. The van der Waals surface area contributed by atoms with E-state index < -0.39 is 0 Å². The van der Waals surface area contributed by atoms with Crippen molar-refractivity contribution < 1.29 is 0 Å². The van der Waals surface area contributed by atoms with Crippen molar-refractivity contribution in [3.05, 3.63) is 57.5 Å². The number of hydrogen-bond acceptors (Lipinski definition) is 3. The van der Waals surface area contributed by atoms with Crippen molar-refractivity contribution in [2.75, 3.05) is 0 Å². The maximum atomic E-state index is 11.4. The lowest BCUT2D eigenvalue weighted by molar-refractivity contribution is 0.868. The molecule has 0 spiro atoms. The molecule has 1 N–H and O–H groups in total. The van der Waals surface area contributed by atoms with Crippen LogP contribution in [0.15, 0.2) is 40.3 Å². The van der Waals surface area contributed by atoms with E-state index in [-0.39, 0.29) is 5.56 Å². The number of hydrogen-bond donors (Lipinski definition) is 1. The highest BCUT2D eigenvalue weighted by atomic mass is 32.2. The molecule has 1 aromatic heterocycles. The van der Waals surface area contributed by atoms with Crippen molar-refractivity contribution in [3.63, 3.8) is 0 Å². The Labute approximate surface area is 111 Å². The van der Waals surface area contributed by atoms with Gasteiger partial charge in [-0.1, -0.05) is 48.5 Å². The van der Waals surface area contributed by atoms with Gasteiger partial charge in [0.1, 0.15) is 0 Å². The van der Waals surface area contributed by atoms with Crippen LogP contribution in [-0.2, 0) is 12.2 Å². The molecule has 1 aromatic carbocycles. The summed E-state index contributed by atoms with van der Waals surface area (Å²) < 4.78 is 0. The first kappa shape index (κ1) is 12.9. The van der Waals surface area contributed by atoms with Crippen LogP contribution in [0.4, 0.5) is 0 Å². The number of nitrogens with zero attached hydrogens (tertiary/aromatic N) is 1. The van der Waals surface area contributed by atoms with Gasteiger partial charge in [0.15, 0.2) is 5.16 Å². The molecule has 0 aliphatic heterocycles. The zero-order valence-corrected chi connectivity index (χ0v) is 11.4. The SMILES string of the molecule is CCc1cc(=O)[nH]c(SCc2cccc(C)c2)n1. The van der Waals surface area contributed by atoms with Crippen LogP contribution in [0.3, 0.4) is 0 Å². The van der Waals surface area contributed by atoms with Gasteiger partial charge in [0.2, 0.25) is 0 Å². The summed E-state index contributed by atoms with van der Waals surface area (Å²) >= 11 is 1.56. The van der Waals surface area contributed by atoms with Gasteiger partial charge in [-0.15, -0.1) is 0 Å². The number of aryl methyl sites for hydroxylation is 2. The number of H-pyrrole nitrogens is 1. The van der Waals surface area contributed by atoms with Crippen molar-refractivity contribution >= 4 is 11.8 Å². The summed E-state index contributed by atoms with van der Waals surface area (Å²) in [6.07, 6.45) is 0.780. The number of nitrogens with one attached hydrogen (secondary N) is 1. The fourth-order valence-electron chi connectivity index (χ4n) is 1.69. The van der Waals surface area contributed by atoms with Gasteiger partial charge in [-0.25, -0.2) is 4.98 Å². The summed E-state index contributed by atoms with van der Waals surface area (Å²) in [5.41, 5.74) is 3.25. The van der Waals surface area contributed by atoms with Crippen molar-refractivity contribution in [1.82, 2.24) is 9.97 Å². The smallest absolute Gasteiger partial charge is 0.251 e. The summed E-state index contributed by atoms with van der Waals surface area (Å²) in [7, 11) is 0. The average molecular weight is 260 g/mol. The zero-order chi connectivity index (χ0) is 13.0. The summed E-state index contributed by atoms with van der Waals surface area (Å²) in [6, 6.07) is 9.91. The molecule has 0 saturated heterocycles. The van der Waals surface area contributed by atoms with E-state index in [1.807, 2.05) is 13.0 Å². The summed E-state index contributed by atoms with van der Waals surface area (Å²) in [5, 5.41) is 0.695. The highest BCUT2D eigenvalue weighted by molar-refractivity contribution is 7.98. The molecule has 0 atom stereocenters. The third-order valence-corrected chi connectivity index (χ3v) is 3.54. The molecule has 0 unspecified atom stereocenters. The first-order chi connectivity index (χ1) is 8.67. The quantitative estimate of drug-likeness (QED) is 0.679. The minimum atomic E-state index is -0.0754. The van der Waals surface area contributed by atoms with Crippen LogP contribution in [0.5, 0.6) is 0 Å². The maximum Gasteiger partial charge on any atom is 0.251 e. The second-order valence-electron chi connectivity index (χ2n) is 4.17. The van der Waals surface area contributed by atoms with E-state index in [4.69, 9.17) is 0 Å². The monoisotopic (exact) mass is 260 g/mol. The van der Waals surface area contributed by atoms with Crippen LogP contribution in [0.1, 0.15) is 23.7 Å². The number of aromatic nitrogens is 2. The highest BCUT2D eigenvalue weighted by Crippen LogP contribution is 2.19. The summed E-state index contributed by atoms with van der Waals surface area (Å²) in [5.74, 6) is 0.817. The van der Waals surface area contributed by atoms with Gasteiger partial charge >= 0.3 is 0 Å². The molecule has 4 heteroatoms. The lowest BCUT2D eigenvalue weighted by atomic mass is 10.2. The maximum absolute atomic E-state index is 11.4. The van der Waals surface area contributed by atoms with E-state index in [1.54, 1.807) is 17.8 Å². The molecular formula is C14H16N2OS. The van der Waals surface area contributed by atoms with Gasteiger partial charge in [0, 0.05) is 17.5 Å². The van der Waals surface area contributed by atoms with Crippen molar-refractivity contribution in [2.24, 2.45) is 0 Å². The molecule has 94 valence electrons. The molecule has 0 amide bonds. The van der Waals surface area contributed by atoms with Gasteiger partial charge in [0.05, 0.1) is 0 Å². The Morgan fingerprint density at radius 2 is 2.17 bits per heavy atom. The van der Waals surface area contributed by atoms with Gasteiger partial charge in [0.25, 0.3) is 5.56 Å². The Morgan fingerprint density at radius 3 is 2.89 bits per heavy atom. The first-order valence-electron chi connectivity index (χ1n) is 5.96. The van der Waals surface area contributed by atoms with Crippen LogP contribution in [0.25, 0.3) is 0 Å². The molecule has 0 radical (unpaired) electrons.